The fraction of sp³-hybridized carbons (Fsp3) is 0.312. The van der Waals surface area contributed by atoms with E-state index < -0.39 is 17.7 Å². The van der Waals surface area contributed by atoms with Crippen LogP contribution in [-0.4, -0.2) is 23.6 Å². The molecule has 1 amide bonds. The summed E-state index contributed by atoms with van der Waals surface area (Å²) in [7, 11) is 0. The van der Waals surface area contributed by atoms with Crippen molar-refractivity contribution in [3.05, 3.63) is 41.1 Å². The maximum Gasteiger partial charge on any atom is 0.350 e. The Balaban J connectivity index is 1.85. The van der Waals surface area contributed by atoms with Crippen LogP contribution in [-0.2, 0) is 36.8 Å². The number of carbonyl (C=O) groups excluding carboxylic acids is 3. The van der Waals surface area contributed by atoms with Gasteiger partial charge in [0.15, 0.2) is 5.57 Å². The Labute approximate surface area is 132 Å². The van der Waals surface area contributed by atoms with Crippen molar-refractivity contribution < 1.29 is 23.9 Å². The summed E-state index contributed by atoms with van der Waals surface area (Å²) in [6, 6.07) is 5.52. The minimum Gasteiger partial charge on any atom is -0.419 e. The lowest BCUT2D eigenvalue weighted by Gasteiger charge is -2.29. The molecule has 0 aromatic heterocycles. The number of amides is 1. The molecule has 1 saturated heterocycles. The number of anilines is 1. The van der Waals surface area contributed by atoms with Crippen LogP contribution in [0.15, 0.2) is 30.0 Å². The average Bonchev–Trinajstić information content (AvgIpc) is 2.45. The van der Waals surface area contributed by atoms with Gasteiger partial charge in [-0.2, -0.15) is 0 Å². The minimum absolute atomic E-state index is 0.0716. The molecule has 1 fully saturated rings. The first kappa shape index (κ1) is 15.1. The fourth-order valence-electron chi connectivity index (χ4n) is 2.49. The van der Waals surface area contributed by atoms with Crippen LogP contribution >= 0.6 is 0 Å². The van der Waals surface area contributed by atoms with Gasteiger partial charge in [-0.1, -0.05) is 12.1 Å². The fourth-order valence-corrected chi connectivity index (χ4v) is 2.49. The van der Waals surface area contributed by atoms with Gasteiger partial charge in [0.1, 0.15) is 0 Å². The quantitative estimate of drug-likeness (QED) is 0.480. The summed E-state index contributed by atoms with van der Waals surface area (Å²) in [6.07, 6.45) is 1.49. The second-order valence-corrected chi connectivity index (χ2v) is 5.78. The zero-order valence-electron chi connectivity index (χ0n) is 12.8. The highest BCUT2D eigenvalue weighted by atomic mass is 16.7. The summed E-state index contributed by atoms with van der Waals surface area (Å²) in [4.78, 5) is 35.3. The first-order chi connectivity index (χ1) is 10.9. The van der Waals surface area contributed by atoms with Crippen LogP contribution < -0.4 is 10.6 Å². The number of ether oxygens (including phenoxy) is 2. The lowest BCUT2D eigenvalue weighted by Crippen LogP contribution is -2.42. The molecule has 2 heterocycles. The van der Waals surface area contributed by atoms with E-state index in [4.69, 9.17) is 9.47 Å². The summed E-state index contributed by atoms with van der Waals surface area (Å²) in [5.74, 6) is -2.84. The van der Waals surface area contributed by atoms with Crippen molar-refractivity contribution in [3.63, 3.8) is 0 Å². The van der Waals surface area contributed by atoms with Crippen LogP contribution in [0.4, 0.5) is 5.69 Å². The molecule has 0 bridgehead atoms. The molecule has 0 atom stereocenters. The number of rotatable bonds is 2. The van der Waals surface area contributed by atoms with Gasteiger partial charge in [-0.05, 0) is 17.2 Å². The minimum atomic E-state index is -1.27. The van der Waals surface area contributed by atoms with Crippen molar-refractivity contribution in [2.24, 2.45) is 0 Å². The van der Waals surface area contributed by atoms with E-state index in [9.17, 15) is 14.4 Å². The number of carbonyl (C=O) groups is 3. The van der Waals surface area contributed by atoms with E-state index in [2.05, 4.69) is 10.6 Å². The highest BCUT2D eigenvalue weighted by Gasteiger charge is 2.39. The van der Waals surface area contributed by atoms with Crippen molar-refractivity contribution in [3.8, 4) is 0 Å². The van der Waals surface area contributed by atoms with Gasteiger partial charge < -0.3 is 20.1 Å². The average molecular weight is 316 g/mol. The molecule has 0 spiro atoms. The molecule has 1 aromatic carbocycles. The molecule has 0 aliphatic carbocycles. The Kier molecular flexibility index (Phi) is 3.55. The number of nitrogens with one attached hydrogen (secondary N) is 2. The maximum absolute atomic E-state index is 11.9. The van der Waals surface area contributed by atoms with Gasteiger partial charge in [-0.15, -0.1) is 0 Å². The Bertz CT molecular complexity index is 714. The van der Waals surface area contributed by atoms with Gasteiger partial charge >= 0.3 is 11.9 Å². The second-order valence-electron chi connectivity index (χ2n) is 5.78. The van der Waals surface area contributed by atoms with E-state index in [1.54, 1.807) is 6.07 Å². The van der Waals surface area contributed by atoms with Crippen molar-refractivity contribution >= 4 is 23.5 Å². The van der Waals surface area contributed by atoms with Gasteiger partial charge in [-0.3, -0.25) is 4.79 Å². The Morgan fingerprint density at radius 2 is 1.87 bits per heavy atom. The summed E-state index contributed by atoms with van der Waals surface area (Å²) >= 11 is 0. The summed E-state index contributed by atoms with van der Waals surface area (Å²) in [5.41, 5.74) is 2.27. The van der Waals surface area contributed by atoms with E-state index in [0.717, 1.165) is 11.1 Å². The molecule has 0 saturated carbocycles. The third kappa shape index (κ3) is 3.03. The Morgan fingerprint density at radius 1 is 1.17 bits per heavy atom. The molecule has 0 radical (unpaired) electrons. The van der Waals surface area contributed by atoms with E-state index >= 15 is 0 Å². The lowest BCUT2D eigenvalue weighted by molar-refractivity contribution is -0.222. The number of hydrogen-bond acceptors (Lipinski definition) is 6. The van der Waals surface area contributed by atoms with Crippen LogP contribution in [0, 0.1) is 0 Å². The first-order valence-corrected chi connectivity index (χ1v) is 7.16. The number of fused-ring (bicyclic) bond motifs is 1. The van der Waals surface area contributed by atoms with Crippen LogP contribution in [0.1, 0.15) is 25.0 Å². The second kappa shape index (κ2) is 5.42. The van der Waals surface area contributed by atoms with E-state index in [0.29, 0.717) is 12.2 Å². The third-order valence-corrected chi connectivity index (χ3v) is 3.58. The number of esters is 2. The zero-order valence-corrected chi connectivity index (χ0v) is 12.8. The first-order valence-electron chi connectivity index (χ1n) is 7.16. The largest absolute Gasteiger partial charge is 0.419 e. The normalized spacial score (nSPS) is 19.2. The van der Waals surface area contributed by atoms with Gasteiger partial charge in [0, 0.05) is 32.3 Å². The molecular formula is C16H16N2O5. The molecule has 120 valence electrons. The number of cyclic esters (lactones) is 2. The van der Waals surface area contributed by atoms with Gasteiger partial charge in [0.05, 0.1) is 6.42 Å². The van der Waals surface area contributed by atoms with E-state index in [1.807, 2.05) is 12.1 Å². The molecule has 2 aliphatic heterocycles. The number of hydrogen-bond donors (Lipinski definition) is 2. The van der Waals surface area contributed by atoms with Crippen LogP contribution in [0.25, 0.3) is 0 Å². The molecule has 3 rings (SSSR count). The zero-order chi connectivity index (χ0) is 16.6. The van der Waals surface area contributed by atoms with Crippen molar-refractivity contribution in [2.45, 2.75) is 32.6 Å². The van der Waals surface area contributed by atoms with E-state index in [1.165, 1.54) is 20.0 Å². The smallest absolute Gasteiger partial charge is 0.350 e. The molecule has 7 nitrogen and oxygen atoms in total. The van der Waals surface area contributed by atoms with Crippen molar-refractivity contribution in [2.75, 3.05) is 5.32 Å². The van der Waals surface area contributed by atoms with Gasteiger partial charge in [-0.25, -0.2) is 9.59 Å². The van der Waals surface area contributed by atoms with E-state index in [-0.39, 0.29) is 17.9 Å². The molecule has 2 aliphatic rings. The van der Waals surface area contributed by atoms with Crippen LogP contribution in [0.2, 0.25) is 0 Å². The Hall–Kier alpha value is -2.83. The predicted octanol–water partition coefficient (Wildman–Crippen LogP) is 0.991. The summed E-state index contributed by atoms with van der Waals surface area (Å²) in [6.45, 7) is 3.43. The maximum atomic E-state index is 11.9. The number of benzene rings is 1. The molecule has 0 unspecified atom stereocenters. The lowest BCUT2D eigenvalue weighted by atomic mass is 9.98. The Morgan fingerprint density at radius 3 is 2.57 bits per heavy atom. The molecular weight excluding hydrogens is 300 g/mol. The SMILES string of the molecule is CC1(C)OC(=O)C(=CNc2cccc3c2CC(=O)NC3)C(=O)O1. The standard InChI is InChI=1S/C16H16N2O5/c1-16(2)22-14(20)11(15(21)23-16)8-17-12-5-3-4-9-7-18-13(19)6-10(9)12/h3-5,8,17H,6-7H2,1-2H3,(H,18,19). The monoisotopic (exact) mass is 316 g/mol. The highest BCUT2D eigenvalue weighted by Crippen LogP contribution is 2.25. The molecule has 23 heavy (non-hydrogen) atoms. The predicted molar refractivity (Wildman–Crippen MR) is 80.0 cm³/mol. The van der Waals surface area contributed by atoms with Gasteiger partial charge in [0.2, 0.25) is 5.91 Å². The van der Waals surface area contributed by atoms with Crippen molar-refractivity contribution in [1.82, 2.24) is 5.32 Å². The molecule has 7 heteroatoms. The molecule has 2 N–H and O–H groups in total. The van der Waals surface area contributed by atoms with Crippen LogP contribution in [0.5, 0.6) is 0 Å². The highest BCUT2D eigenvalue weighted by molar-refractivity contribution is 6.15. The topological polar surface area (TPSA) is 93.7 Å². The van der Waals surface area contributed by atoms with Crippen molar-refractivity contribution in [1.29, 1.82) is 0 Å². The third-order valence-electron chi connectivity index (χ3n) is 3.58. The molecule has 1 aromatic rings. The summed E-state index contributed by atoms with van der Waals surface area (Å²) < 4.78 is 10.0. The summed E-state index contributed by atoms with van der Waals surface area (Å²) in [5, 5.41) is 5.67. The van der Waals surface area contributed by atoms with Crippen LogP contribution in [0.3, 0.4) is 0 Å². The van der Waals surface area contributed by atoms with Gasteiger partial charge in [0.25, 0.3) is 5.79 Å².